The Morgan fingerprint density at radius 2 is 1.73 bits per heavy atom. The Morgan fingerprint density at radius 1 is 1.04 bits per heavy atom. The van der Waals surface area contributed by atoms with Crippen molar-refractivity contribution in [2.45, 2.75) is 13.5 Å². The van der Waals surface area contributed by atoms with Gasteiger partial charge in [-0.1, -0.05) is 42.5 Å². The number of ether oxygens (including phenoxy) is 1. The van der Waals surface area contributed by atoms with Crippen molar-refractivity contribution >= 4 is 22.8 Å². The van der Waals surface area contributed by atoms with Gasteiger partial charge in [-0.3, -0.25) is 14.2 Å². The summed E-state index contributed by atoms with van der Waals surface area (Å²) in [7, 11) is 0. The van der Waals surface area contributed by atoms with Crippen molar-refractivity contribution in [2.75, 3.05) is 6.61 Å². The summed E-state index contributed by atoms with van der Waals surface area (Å²) >= 11 is 0. The Morgan fingerprint density at radius 3 is 2.46 bits per heavy atom. The van der Waals surface area contributed by atoms with Crippen LogP contribution in [-0.2, 0) is 16.1 Å². The predicted molar refractivity (Wildman–Crippen MR) is 99.0 cm³/mol. The third kappa shape index (κ3) is 2.65. The molecule has 0 aliphatic rings. The van der Waals surface area contributed by atoms with E-state index in [1.165, 1.54) is 10.5 Å². The van der Waals surface area contributed by atoms with Gasteiger partial charge in [-0.25, -0.2) is 9.38 Å². The van der Waals surface area contributed by atoms with Crippen LogP contribution in [0.25, 0.3) is 28.1 Å². The van der Waals surface area contributed by atoms with Crippen molar-refractivity contribution in [1.82, 2.24) is 14.0 Å². The van der Waals surface area contributed by atoms with Crippen LogP contribution in [-0.4, -0.2) is 26.5 Å². The fourth-order valence-corrected chi connectivity index (χ4v) is 3.12. The minimum absolute atomic E-state index is 0.00443. The molecule has 4 rings (SSSR count). The van der Waals surface area contributed by atoms with E-state index in [2.05, 4.69) is 4.98 Å². The molecule has 130 valence electrons. The summed E-state index contributed by atoms with van der Waals surface area (Å²) in [5.74, 6) is 0.0562. The molecule has 0 bridgehead atoms. The minimum atomic E-state index is -0.366. The van der Waals surface area contributed by atoms with Gasteiger partial charge in [-0.15, -0.1) is 0 Å². The molecule has 6 heteroatoms. The Balaban J connectivity index is 2.01. The van der Waals surface area contributed by atoms with E-state index >= 15 is 0 Å². The van der Waals surface area contributed by atoms with E-state index in [0.717, 1.165) is 11.1 Å². The molecule has 0 amide bonds. The van der Waals surface area contributed by atoms with Gasteiger partial charge in [0, 0.05) is 11.6 Å². The first kappa shape index (κ1) is 16.1. The Hall–Kier alpha value is -3.41. The summed E-state index contributed by atoms with van der Waals surface area (Å²) in [5.41, 5.74) is 2.70. The largest absolute Gasteiger partial charge is 0.465 e. The van der Waals surface area contributed by atoms with Gasteiger partial charge >= 0.3 is 5.97 Å². The summed E-state index contributed by atoms with van der Waals surface area (Å²) in [6.07, 6.45) is 0. The standard InChI is InChI=1S/C20H17N3O3/c1-2-26-19(25)13-22-16-10-6-7-11-17(16)23-18(24)12-15(21-20(22)23)14-8-4-3-5-9-14/h3-12H,2,13H2,1H3. The molecule has 6 nitrogen and oxygen atoms in total. The molecule has 0 unspecified atom stereocenters. The maximum atomic E-state index is 12.8. The van der Waals surface area contributed by atoms with E-state index in [-0.39, 0.29) is 18.1 Å². The highest BCUT2D eigenvalue weighted by molar-refractivity contribution is 5.83. The average molecular weight is 347 g/mol. The summed E-state index contributed by atoms with van der Waals surface area (Å²) in [5, 5.41) is 0. The number of hydrogen-bond acceptors (Lipinski definition) is 4. The fraction of sp³-hybridized carbons (Fsp3) is 0.150. The van der Waals surface area contributed by atoms with Gasteiger partial charge < -0.3 is 4.74 Å². The van der Waals surface area contributed by atoms with Crippen LogP contribution in [0.5, 0.6) is 0 Å². The Labute approximate surface area is 149 Å². The monoisotopic (exact) mass is 347 g/mol. The third-order valence-electron chi connectivity index (χ3n) is 4.22. The second kappa shape index (κ2) is 6.48. The molecule has 0 saturated carbocycles. The van der Waals surface area contributed by atoms with Crippen LogP contribution in [0.4, 0.5) is 0 Å². The van der Waals surface area contributed by atoms with Crippen molar-refractivity contribution in [3.8, 4) is 11.3 Å². The zero-order valence-corrected chi connectivity index (χ0v) is 14.3. The van der Waals surface area contributed by atoms with Crippen molar-refractivity contribution in [1.29, 1.82) is 0 Å². The number of esters is 1. The second-order valence-electron chi connectivity index (χ2n) is 5.86. The molecule has 0 saturated heterocycles. The van der Waals surface area contributed by atoms with Crippen molar-refractivity contribution < 1.29 is 9.53 Å². The van der Waals surface area contributed by atoms with E-state index in [4.69, 9.17) is 4.74 Å². The molecular weight excluding hydrogens is 330 g/mol. The molecule has 0 spiro atoms. The molecule has 0 aliphatic heterocycles. The van der Waals surface area contributed by atoms with Gasteiger partial charge in [-0.05, 0) is 19.1 Å². The molecule has 26 heavy (non-hydrogen) atoms. The predicted octanol–water partition coefficient (Wildman–Crippen LogP) is 2.88. The molecular formula is C20H17N3O3. The lowest BCUT2D eigenvalue weighted by Gasteiger charge is -2.06. The van der Waals surface area contributed by atoms with Crippen molar-refractivity contribution in [2.24, 2.45) is 0 Å². The van der Waals surface area contributed by atoms with E-state index in [0.29, 0.717) is 23.6 Å². The minimum Gasteiger partial charge on any atom is -0.465 e. The lowest BCUT2D eigenvalue weighted by molar-refractivity contribution is -0.143. The molecule has 2 aromatic carbocycles. The van der Waals surface area contributed by atoms with Gasteiger partial charge in [0.05, 0.1) is 23.3 Å². The smallest absolute Gasteiger partial charge is 0.326 e. The number of hydrogen-bond donors (Lipinski definition) is 0. The average Bonchev–Trinajstić information content (AvgIpc) is 2.97. The molecule has 0 aliphatic carbocycles. The molecule has 0 fully saturated rings. The quantitative estimate of drug-likeness (QED) is 0.533. The van der Waals surface area contributed by atoms with E-state index in [9.17, 15) is 9.59 Å². The number of para-hydroxylation sites is 2. The number of nitrogens with zero attached hydrogens (tertiary/aromatic N) is 3. The number of imidazole rings is 1. The van der Waals surface area contributed by atoms with Crippen LogP contribution >= 0.6 is 0 Å². The number of carbonyl (C=O) groups is 1. The normalized spacial score (nSPS) is 11.1. The van der Waals surface area contributed by atoms with Crippen LogP contribution < -0.4 is 5.56 Å². The number of rotatable bonds is 4. The Bertz CT molecular complexity index is 1160. The SMILES string of the molecule is CCOC(=O)Cn1c2ccccc2n2c(=O)cc(-c3ccccc3)nc12. The van der Waals surface area contributed by atoms with E-state index in [1.54, 1.807) is 11.5 Å². The first-order chi connectivity index (χ1) is 12.7. The van der Waals surface area contributed by atoms with Gasteiger partial charge in [-0.2, -0.15) is 0 Å². The van der Waals surface area contributed by atoms with Gasteiger partial charge in [0.25, 0.3) is 5.56 Å². The van der Waals surface area contributed by atoms with Crippen LogP contribution in [0.15, 0.2) is 65.5 Å². The fourth-order valence-electron chi connectivity index (χ4n) is 3.12. The maximum absolute atomic E-state index is 12.8. The van der Waals surface area contributed by atoms with Crippen LogP contribution in [0.3, 0.4) is 0 Å². The molecule has 0 radical (unpaired) electrons. The molecule has 0 N–H and O–H groups in total. The highest BCUT2D eigenvalue weighted by Crippen LogP contribution is 2.21. The zero-order chi connectivity index (χ0) is 18.1. The second-order valence-corrected chi connectivity index (χ2v) is 5.86. The maximum Gasteiger partial charge on any atom is 0.326 e. The highest BCUT2D eigenvalue weighted by atomic mass is 16.5. The van der Waals surface area contributed by atoms with Crippen LogP contribution in [0.1, 0.15) is 6.92 Å². The van der Waals surface area contributed by atoms with E-state index < -0.39 is 0 Å². The summed E-state index contributed by atoms with van der Waals surface area (Å²) in [6, 6.07) is 18.4. The summed E-state index contributed by atoms with van der Waals surface area (Å²) in [6.45, 7) is 2.06. The van der Waals surface area contributed by atoms with Gasteiger partial charge in [0.2, 0.25) is 5.78 Å². The topological polar surface area (TPSA) is 65.6 Å². The van der Waals surface area contributed by atoms with Crippen molar-refractivity contribution in [3.05, 3.63) is 71.0 Å². The summed E-state index contributed by atoms with van der Waals surface area (Å²) in [4.78, 5) is 29.6. The van der Waals surface area contributed by atoms with Gasteiger partial charge in [0.1, 0.15) is 6.54 Å². The van der Waals surface area contributed by atoms with Crippen molar-refractivity contribution in [3.63, 3.8) is 0 Å². The molecule has 2 aromatic heterocycles. The lowest BCUT2D eigenvalue weighted by Crippen LogP contribution is -2.17. The van der Waals surface area contributed by atoms with Gasteiger partial charge in [0.15, 0.2) is 0 Å². The zero-order valence-electron chi connectivity index (χ0n) is 14.3. The lowest BCUT2D eigenvalue weighted by atomic mass is 10.1. The highest BCUT2D eigenvalue weighted by Gasteiger charge is 2.17. The number of carbonyl (C=O) groups excluding carboxylic acids is 1. The van der Waals surface area contributed by atoms with E-state index in [1.807, 2.05) is 54.6 Å². The summed E-state index contributed by atoms with van der Waals surface area (Å²) < 4.78 is 8.34. The molecule has 4 aromatic rings. The number of benzene rings is 2. The molecule has 0 atom stereocenters. The third-order valence-corrected chi connectivity index (χ3v) is 4.22. The molecule has 2 heterocycles. The number of aromatic nitrogens is 3. The Kier molecular flexibility index (Phi) is 4.01. The van der Waals surface area contributed by atoms with Crippen LogP contribution in [0, 0.1) is 0 Å². The van der Waals surface area contributed by atoms with Crippen LogP contribution in [0.2, 0.25) is 0 Å². The number of fused-ring (bicyclic) bond motifs is 3. The first-order valence-electron chi connectivity index (χ1n) is 8.41. The first-order valence-corrected chi connectivity index (χ1v) is 8.41.